The third-order valence-electron chi connectivity index (χ3n) is 1.90. The van der Waals surface area contributed by atoms with Crippen LogP contribution in [0.1, 0.15) is 6.42 Å². The number of rotatable bonds is 5. The second kappa shape index (κ2) is 6.10. The molecule has 1 rings (SSSR count). The molecule has 1 aliphatic heterocycles. The van der Waals surface area contributed by atoms with Gasteiger partial charge in [-0.05, 0) is 6.42 Å². The predicted molar refractivity (Wildman–Crippen MR) is 49.5 cm³/mol. The summed E-state index contributed by atoms with van der Waals surface area (Å²) in [6, 6.07) is 0. The molecule has 76 valence electrons. The van der Waals surface area contributed by atoms with E-state index in [2.05, 4.69) is 11.4 Å². The standard InChI is InChI=1S/C9H17NO3/c11-7-8(12)5-10-6-9-3-1-2-4-13-9/h1,3,8-12H,2,4-7H2. The van der Waals surface area contributed by atoms with E-state index < -0.39 is 6.10 Å². The van der Waals surface area contributed by atoms with Crippen molar-refractivity contribution in [1.29, 1.82) is 0 Å². The maximum Gasteiger partial charge on any atom is 0.0894 e. The van der Waals surface area contributed by atoms with Crippen molar-refractivity contribution in [1.82, 2.24) is 5.32 Å². The van der Waals surface area contributed by atoms with E-state index in [1.165, 1.54) is 0 Å². The summed E-state index contributed by atoms with van der Waals surface area (Å²) in [4.78, 5) is 0. The van der Waals surface area contributed by atoms with E-state index in [1.54, 1.807) is 0 Å². The molecular formula is C9H17NO3. The molecule has 0 saturated carbocycles. The van der Waals surface area contributed by atoms with Gasteiger partial charge in [0.2, 0.25) is 0 Å². The van der Waals surface area contributed by atoms with E-state index in [0.29, 0.717) is 13.1 Å². The summed E-state index contributed by atoms with van der Waals surface area (Å²) >= 11 is 0. The van der Waals surface area contributed by atoms with Gasteiger partial charge in [0.15, 0.2) is 0 Å². The molecule has 3 N–H and O–H groups in total. The van der Waals surface area contributed by atoms with Crippen molar-refractivity contribution >= 4 is 0 Å². The first-order valence-corrected chi connectivity index (χ1v) is 4.61. The van der Waals surface area contributed by atoms with E-state index in [0.717, 1.165) is 13.0 Å². The number of hydrogen-bond acceptors (Lipinski definition) is 4. The van der Waals surface area contributed by atoms with Gasteiger partial charge in [-0.2, -0.15) is 0 Å². The van der Waals surface area contributed by atoms with Gasteiger partial charge in [-0.3, -0.25) is 0 Å². The molecule has 0 radical (unpaired) electrons. The Morgan fingerprint density at radius 1 is 1.62 bits per heavy atom. The average molecular weight is 187 g/mol. The topological polar surface area (TPSA) is 61.7 Å². The molecule has 2 atom stereocenters. The van der Waals surface area contributed by atoms with E-state index in [9.17, 15) is 0 Å². The van der Waals surface area contributed by atoms with Crippen molar-refractivity contribution in [2.45, 2.75) is 18.6 Å². The summed E-state index contributed by atoms with van der Waals surface area (Å²) < 4.78 is 5.40. The van der Waals surface area contributed by atoms with Crippen molar-refractivity contribution in [3.8, 4) is 0 Å². The highest BCUT2D eigenvalue weighted by atomic mass is 16.5. The molecule has 4 nitrogen and oxygen atoms in total. The minimum Gasteiger partial charge on any atom is -0.394 e. The Hall–Kier alpha value is -0.420. The van der Waals surface area contributed by atoms with Gasteiger partial charge in [-0.15, -0.1) is 0 Å². The van der Waals surface area contributed by atoms with Gasteiger partial charge in [-0.1, -0.05) is 12.2 Å². The molecule has 13 heavy (non-hydrogen) atoms. The zero-order valence-electron chi connectivity index (χ0n) is 7.65. The number of ether oxygens (including phenoxy) is 1. The second-order valence-corrected chi connectivity index (χ2v) is 3.12. The Morgan fingerprint density at radius 3 is 3.08 bits per heavy atom. The molecule has 0 amide bonds. The molecule has 0 spiro atoms. The fourth-order valence-corrected chi connectivity index (χ4v) is 1.17. The van der Waals surface area contributed by atoms with Gasteiger partial charge >= 0.3 is 0 Å². The fraction of sp³-hybridized carbons (Fsp3) is 0.778. The van der Waals surface area contributed by atoms with Crippen molar-refractivity contribution in [3.05, 3.63) is 12.2 Å². The lowest BCUT2D eigenvalue weighted by Gasteiger charge is -2.18. The Kier molecular flexibility index (Phi) is 5.00. The van der Waals surface area contributed by atoms with Crippen LogP contribution in [0.3, 0.4) is 0 Å². The molecule has 2 unspecified atom stereocenters. The lowest BCUT2D eigenvalue weighted by molar-refractivity contribution is 0.0676. The predicted octanol–water partition coefficient (Wildman–Crippen LogP) is -0.726. The molecule has 0 aromatic rings. The molecular weight excluding hydrogens is 170 g/mol. The van der Waals surface area contributed by atoms with Gasteiger partial charge in [0.25, 0.3) is 0 Å². The van der Waals surface area contributed by atoms with Crippen LogP contribution in [0, 0.1) is 0 Å². The zero-order chi connectivity index (χ0) is 9.52. The molecule has 0 saturated heterocycles. The Labute approximate surface area is 78.2 Å². The van der Waals surface area contributed by atoms with Crippen molar-refractivity contribution < 1.29 is 14.9 Å². The molecule has 1 heterocycles. The largest absolute Gasteiger partial charge is 0.394 e. The van der Waals surface area contributed by atoms with Crippen LogP contribution in [0.15, 0.2) is 12.2 Å². The first-order valence-electron chi connectivity index (χ1n) is 4.61. The van der Waals surface area contributed by atoms with Crippen LogP contribution in [-0.2, 0) is 4.74 Å². The SMILES string of the molecule is OCC(O)CNCC1C=CCCO1. The van der Waals surface area contributed by atoms with Crippen LogP contribution >= 0.6 is 0 Å². The number of hydrogen-bond donors (Lipinski definition) is 3. The highest BCUT2D eigenvalue weighted by Gasteiger charge is 2.08. The van der Waals surface area contributed by atoms with Crippen LogP contribution < -0.4 is 5.32 Å². The van der Waals surface area contributed by atoms with Crippen LogP contribution in [-0.4, -0.2) is 48.7 Å². The molecule has 0 aromatic carbocycles. The first-order chi connectivity index (χ1) is 6.33. The third-order valence-corrected chi connectivity index (χ3v) is 1.90. The monoisotopic (exact) mass is 187 g/mol. The quantitative estimate of drug-likeness (QED) is 0.497. The van der Waals surface area contributed by atoms with Crippen molar-refractivity contribution in [2.75, 3.05) is 26.3 Å². The zero-order valence-corrected chi connectivity index (χ0v) is 7.65. The summed E-state index contributed by atoms with van der Waals surface area (Å²) in [5, 5.41) is 20.6. The summed E-state index contributed by atoms with van der Waals surface area (Å²) in [6.45, 7) is 1.66. The molecule has 1 aliphatic rings. The van der Waals surface area contributed by atoms with Gasteiger partial charge in [0, 0.05) is 13.1 Å². The maximum atomic E-state index is 9.02. The second-order valence-electron chi connectivity index (χ2n) is 3.12. The van der Waals surface area contributed by atoms with Gasteiger partial charge in [-0.25, -0.2) is 0 Å². The summed E-state index contributed by atoms with van der Waals surface area (Å²) in [5.41, 5.74) is 0. The molecule has 0 fully saturated rings. The van der Waals surface area contributed by atoms with Gasteiger partial charge in [0.05, 0.1) is 25.4 Å². The summed E-state index contributed by atoms with van der Waals surface area (Å²) in [5.74, 6) is 0. The molecule has 0 aliphatic carbocycles. The molecule has 0 bridgehead atoms. The Bertz CT molecular complexity index is 161. The maximum absolute atomic E-state index is 9.02. The highest BCUT2D eigenvalue weighted by Crippen LogP contribution is 2.02. The van der Waals surface area contributed by atoms with E-state index in [1.807, 2.05) is 6.08 Å². The van der Waals surface area contributed by atoms with E-state index in [-0.39, 0.29) is 12.7 Å². The Balaban J connectivity index is 2.04. The van der Waals surface area contributed by atoms with Crippen molar-refractivity contribution in [2.24, 2.45) is 0 Å². The van der Waals surface area contributed by atoms with Crippen molar-refractivity contribution in [3.63, 3.8) is 0 Å². The smallest absolute Gasteiger partial charge is 0.0894 e. The molecule has 0 aromatic heterocycles. The highest BCUT2D eigenvalue weighted by molar-refractivity contribution is 4.94. The minimum atomic E-state index is -0.674. The van der Waals surface area contributed by atoms with Crippen LogP contribution in [0.2, 0.25) is 0 Å². The minimum absolute atomic E-state index is 0.111. The third kappa shape index (κ3) is 4.38. The molecule has 4 heteroatoms. The van der Waals surface area contributed by atoms with Gasteiger partial charge in [0.1, 0.15) is 0 Å². The first kappa shape index (κ1) is 10.7. The number of nitrogens with one attached hydrogen (secondary N) is 1. The van der Waals surface area contributed by atoms with Crippen LogP contribution in [0.25, 0.3) is 0 Å². The summed E-state index contributed by atoms with van der Waals surface area (Å²) in [6.07, 6.45) is 4.53. The summed E-state index contributed by atoms with van der Waals surface area (Å²) in [7, 11) is 0. The van der Waals surface area contributed by atoms with Crippen LogP contribution in [0.4, 0.5) is 0 Å². The average Bonchev–Trinajstić information content (AvgIpc) is 2.19. The van der Waals surface area contributed by atoms with E-state index >= 15 is 0 Å². The van der Waals surface area contributed by atoms with Crippen LogP contribution in [0.5, 0.6) is 0 Å². The number of aliphatic hydroxyl groups excluding tert-OH is 2. The lowest BCUT2D eigenvalue weighted by atomic mass is 10.2. The van der Waals surface area contributed by atoms with Gasteiger partial charge < -0.3 is 20.3 Å². The fourth-order valence-electron chi connectivity index (χ4n) is 1.17. The van der Waals surface area contributed by atoms with E-state index in [4.69, 9.17) is 14.9 Å². The normalized spacial score (nSPS) is 24.6. The number of aliphatic hydroxyl groups is 2. The lowest BCUT2D eigenvalue weighted by Crippen LogP contribution is -2.35. The Morgan fingerprint density at radius 2 is 2.46 bits per heavy atom.